The molecule has 0 unspecified atom stereocenters. The Bertz CT molecular complexity index is 353. The Morgan fingerprint density at radius 3 is 2.20 bits per heavy atom. The molecule has 1 aromatic carbocycles. The van der Waals surface area contributed by atoms with Gasteiger partial charge in [-0.2, -0.15) is 0 Å². The lowest BCUT2D eigenvalue weighted by Crippen LogP contribution is -2.16. The Balaban J connectivity index is 3.00. The molecule has 0 aliphatic rings. The number of benzene rings is 1. The second-order valence-electron chi connectivity index (χ2n) is 3.00. The third-order valence-corrected chi connectivity index (χ3v) is 1.90. The molecule has 0 bridgehead atoms. The minimum atomic E-state index is -2.73. The van der Waals surface area contributed by atoms with Crippen LogP contribution in [-0.2, 0) is 0 Å². The van der Waals surface area contributed by atoms with E-state index in [2.05, 4.69) is 0 Å². The topological polar surface area (TPSA) is 26.0 Å². The standard InChI is InChI=1S/C9H8F5N/c10-5-2-1-4(8(13)9(5)14)6(15)3-7(11)12/h1-2,6-7H,3,15H2/t6-/m1/s1. The summed E-state index contributed by atoms with van der Waals surface area (Å²) >= 11 is 0. The van der Waals surface area contributed by atoms with Crippen molar-refractivity contribution < 1.29 is 22.0 Å². The second kappa shape index (κ2) is 4.57. The molecule has 0 saturated heterocycles. The quantitative estimate of drug-likeness (QED) is 0.621. The molecule has 0 fully saturated rings. The maximum atomic E-state index is 13.0. The summed E-state index contributed by atoms with van der Waals surface area (Å²) < 4.78 is 62.0. The van der Waals surface area contributed by atoms with Crippen molar-refractivity contribution in [1.82, 2.24) is 0 Å². The average Bonchev–Trinajstić information content (AvgIpc) is 2.13. The number of halogens is 5. The van der Waals surface area contributed by atoms with Gasteiger partial charge >= 0.3 is 0 Å². The van der Waals surface area contributed by atoms with E-state index in [9.17, 15) is 22.0 Å². The molecular formula is C9H8F5N. The Morgan fingerprint density at radius 1 is 1.07 bits per heavy atom. The second-order valence-corrected chi connectivity index (χ2v) is 3.00. The van der Waals surface area contributed by atoms with Crippen LogP contribution < -0.4 is 5.73 Å². The highest BCUT2D eigenvalue weighted by atomic mass is 19.3. The number of hydrogen-bond acceptors (Lipinski definition) is 1. The fourth-order valence-corrected chi connectivity index (χ4v) is 1.15. The number of nitrogens with two attached hydrogens (primary N) is 1. The van der Waals surface area contributed by atoms with E-state index in [1.54, 1.807) is 0 Å². The molecule has 0 aromatic heterocycles. The van der Waals surface area contributed by atoms with Crippen LogP contribution in [0.2, 0.25) is 0 Å². The minimum Gasteiger partial charge on any atom is -0.324 e. The molecule has 1 atom stereocenters. The van der Waals surface area contributed by atoms with Gasteiger partial charge in [0.05, 0.1) is 0 Å². The van der Waals surface area contributed by atoms with Gasteiger partial charge in [-0.15, -0.1) is 0 Å². The third-order valence-electron chi connectivity index (χ3n) is 1.90. The van der Waals surface area contributed by atoms with Crippen molar-refractivity contribution in [3.8, 4) is 0 Å². The Kier molecular flexibility index (Phi) is 3.62. The molecule has 0 radical (unpaired) electrons. The van der Waals surface area contributed by atoms with Crippen LogP contribution in [0.25, 0.3) is 0 Å². The van der Waals surface area contributed by atoms with E-state index in [1.807, 2.05) is 0 Å². The van der Waals surface area contributed by atoms with Crippen molar-refractivity contribution in [3.05, 3.63) is 35.1 Å². The van der Waals surface area contributed by atoms with Gasteiger partial charge in [-0.1, -0.05) is 6.07 Å². The highest BCUT2D eigenvalue weighted by Gasteiger charge is 2.20. The van der Waals surface area contributed by atoms with Gasteiger partial charge in [0.15, 0.2) is 17.5 Å². The molecule has 0 saturated carbocycles. The molecule has 84 valence electrons. The highest BCUT2D eigenvalue weighted by molar-refractivity contribution is 5.23. The van der Waals surface area contributed by atoms with Gasteiger partial charge in [0.25, 0.3) is 0 Å². The maximum absolute atomic E-state index is 13.0. The summed E-state index contributed by atoms with van der Waals surface area (Å²) in [5, 5.41) is 0. The van der Waals surface area contributed by atoms with E-state index in [0.29, 0.717) is 6.07 Å². The number of hydrogen-bond donors (Lipinski definition) is 1. The summed E-state index contributed by atoms with van der Waals surface area (Å²) in [5.74, 6) is -4.58. The van der Waals surface area contributed by atoms with E-state index < -0.39 is 41.9 Å². The molecule has 0 amide bonds. The summed E-state index contributed by atoms with van der Waals surface area (Å²) in [6, 6.07) is 0.167. The Morgan fingerprint density at radius 2 is 1.67 bits per heavy atom. The highest BCUT2D eigenvalue weighted by Crippen LogP contribution is 2.23. The smallest absolute Gasteiger partial charge is 0.240 e. The monoisotopic (exact) mass is 225 g/mol. The maximum Gasteiger partial charge on any atom is 0.240 e. The number of rotatable bonds is 3. The molecule has 0 aliphatic carbocycles. The molecule has 2 N–H and O–H groups in total. The largest absolute Gasteiger partial charge is 0.324 e. The zero-order valence-corrected chi connectivity index (χ0v) is 7.48. The van der Waals surface area contributed by atoms with Gasteiger partial charge in [0, 0.05) is 18.0 Å². The van der Waals surface area contributed by atoms with Crippen LogP contribution in [0.3, 0.4) is 0 Å². The zero-order valence-electron chi connectivity index (χ0n) is 7.48. The van der Waals surface area contributed by atoms with Gasteiger partial charge in [-0.05, 0) is 6.07 Å². The molecule has 0 aliphatic heterocycles. The van der Waals surface area contributed by atoms with E-state index >= 15 is 0 Å². The first-order chi connectivity index (χ1) is 6.93. The van der Waals surface area contributed by atoms with Crippen molar-refractivity contribution >= 4 is 0 Å². The van der Waals surface area contributed by atoms with Crippen molar-refractivity contribution in [1.29, 1.82) is 0 Å². The molecule has 1 rings (SSSR count). The van der Waals surface area contributed by atoms with Crippen molar-refractivity contribution in [2.75, 3.05) is 0 Å². The third kappa shape index (κ3) is 2.65. The first-order valence-electron chi connectivity index (χ1n) is 4.10. The summed E-state index contributed by atoms with van der Waals surface area (Å²) in [6.45, 7) is 0. The Hall–Kier alpha value is -1.17. The summed E-state index contributed by atoms with van der Waals surface area (Å²) in [4.78, 5) is 0. The van der Waals surface area contributed by atoms with E-state index in [-0.39, 0.29) is 0 Å². The van der Waals surface area contributed by atoms with Crippen LogP contribution in [0.15, 0.2) is 12.1 Å². The first kappa shape index (κ1) is 11.9. The lowest BCUT2D eigenvalue weighted by Gasteiger charge is -2.12. The van der Waals surface area contributed by atoms with Crippen molar-refractivity contribution in [2.45, 2.75) is 18.9 Å². The Labute approximate surface area is 82.7 Å². The zero-order chi connectivity index (χ0) is 11.6. The minimum absolute atomic E-state index is 0.450. The van der Waals surface area contributed by atoms with Gasteiger partial charge in [-0.3, -0.25) is 0 Å². The predicted molar refractivity (Wildman–Crippen MR) is 43.9 cm³/mol. The van der Waals surface area contributed by atoms with Gasteiger partial charge in [0.1, 0.15) is 0 Å². The van der Waals surface area contributed by atoms with Crippen LogP contribution in [-0.4, -0.2) is 6.43 Å². The van der Waals surface area contributed by atoms with Crippen LogP contribution in [0.5, 0.6) is 0 Å². The average molecular weight is 225 g/mol. The van der Waals surface area contributed by atoms with Gasteiger partial charge < -0.3 is 5.73 Å². The van der Waals surface area contributed by atoms with Crippen LogP contribution in [0, 0.1) is 17.5 Å². The molecular weight excluding hydrogens is 217 g/mol. The van der Waals surface area contributed by atoms with Gasteiger partial charge in [0.2, 0.25) is 6.43 Å². The van der Waals surface area contributed by atoms with E-state index in [1.165, 1.54) is 0 Å². The molecule has 0 spiro atoms. The normalized spacial score (nSPS) is 13.3. The van der Waals surface area contributed by atoms with Gasteiger partial charge in [-0.25, -0.2) is 22.0 Å². The predicted octanol–water partition coefficient (Wildman–Crippen LogP) is 2.76. The van der Waals surface area contributed by atoms with E-state index in [0.717, 1.165) is 6.07 Å². The molecule has 15 heavy (non-hydrogen) atoms. The van der Waals surface area contributed by atoms with Crippen LogP contribution in [0.1, 0.15) is 18.0 Å². The lowest BCUT2D eigenvalue weighted by molar-refractivity contribution is 0.128. The summed E-state index contributed by atoms with van der Waals surface area (Å²) in [6.07, 6.45) is -3.53. The molecule has 6 heteroatoms. The van der Waals surface area contributed by atoms with E-state index in [4.69, 9.17) is 5.73 Å². The SMILES string of the molecule is N[C@H](CC(F)F)c1ccc(F)c(F)c1F. The fraction of sp³-hybridized carbons (Fsp3) is 0.333. The summed E-state index contributed by atoms with van der Waals surface area (Å²) in [5.41, 5.74) is 4.76. The van der Waals surface area contributed by atoms with Crippen molar-refractivity contribution in [2.24, 2.45) is 5.73 Å². The van der Waals surface area contributed by atoms with Crippen LogP contribution >= 0.6 is 0 Å². The fourth-order valence-electron chi connectivity index (χ4n) is 1.15. The van der Waals surface area contributed by atoms with Crippen LogP contribution in [0.4, 0.5) is 22.0 Å². The van der Waals surface area contributed by atoms with Crippen molar-refractivity contribution in [3.63, 3.8) is 0 Å². The molecule has 1 nitrogen and oxygen atoms in total. The lowest BCUT2D eigenvalue weighted by atomic mass is 10.0. The molecule has 1 aromatic rings. The summed E-state index contributed by atoms with van der Waals surface area (Å²) in [7, 11) is 0. The molecule has 0 heterocycles. The number of alkyl halides is 2. The first-order valence-corrected chi connectivity index (χ1v) is 4.10.